The molecular formula is C32H28N3O6+. The monoisotopic (exact) mass is 550 g/mol. The van der Waals surface area contributed by atoms with Crippen molar-refractivity contribution < 1.29 is 32.9 Å². The summed E-state index contributed by atoms with van der Waals surface area (Å²) in [6, 6.07) is 23.3. The van der Waals surface area contributed by atoms with Gasteiger partial charge in [0.25, 0.3) is 17.3 Å². The van der Waals surface area contributed by atoms with Gasteiger partial charge in [-0.25, -0.2) is 4.79 Å². The highest BCUT2D eigenvalue weighted by molar-refractivity contribution is 6.01. The number of carbonyl (C=O) groups is 3. The zero-order valence-electron chi connectivity index (χ0n) is 22.5. The fourth-order valence-electron chi connectivity index (χ4n) is 4.96. The average molecular weight is 551 g/mol. The number of carbonyl (C=O) groups excluding carboxylic acids is 3. The van der Waals surface area contributed by atoms with Gasteiger partial charge in [0.15, 0.2) is 12.3 Å². The number of rotatable bonds is 8. The Morgan fingerprint density at radius 2 is 1.66 bits per heavy atom. The molecule has 0 spiro atoms. The molecule has 0 saturated carbocycles. The van der Waals surface area contributed by atoms with Crippen LogP contribution in [0.15, 0.2) is 95.2 Å². The van der Waals surface area contributed by atoms with Crippen LogP contribution in [0.1, 0.15) is 36.8 Å². The Kier molecular flexibility index (Phi) is 7.08. The molecule has 206 valence electrons. The summed E-state index contributed by atoms with van der Waals surface area (Å²) in [4.78, 5) is 42.8. The molecule has 1 aromatic heterocycles. The highest BCUT2D eigenvalue weighted by atomic mass is 16.7. The largest absolute Gasteiger partial charge is 0.439 e. The zero-order chi connectivity index (χ0) is 28.3. The first-order valence-electron chi connectivity index (χ1n) is 13.5. The summed E-state index contributed by atoms with van der Waals surface area (Å²) in [7, 11) is 0. The number of benzene rings is 3. The molecule has 0 N–H and O–H groups in total. The molecule has 0 atom stereocenters. The van der Waals surface area contributed by atoms with E-state index >= 15 is 0 Å². The fourth-order valence-corrected chi connectivity index (χ4v) is 4.96. The lowest BCUT2D eigenvalue weighted by molar-refractivity contribution is -0.669. The van der Waals surface area contributed by atoms with Gasteiger partial charge in [0, 0.05) is 31.0 Å². The van der Waals surface area contributed by atoms with Crippen molar-refractivity contribution in [2.24, 2.45) is 0 Å². The van der Waals surface area contributed by atoms with Crippen LogP contribution in [0.3, 0.4) is 0 Å². The van der Waals surface area contributed by atoms with Crippen molar-refractivity contribution in [1.29, 1.82) is 0 Å². The number of amides is 2. The molecule has 0 unspecified atom stereocenters. The minimum Gasteiger partial charge on any atom is -0.439 e. The SMILES string of the molecule is CCN1/C(=C\C=C\c2oc3ccccc3[n+]2Cc2ccc(CC(=O)ON3C(=O)CCC3=O)cc2)Oc2ccccc21. The number of nitrogens with zero attached hydrogens (tertiary/aromatic N) is 3. The van der Waals surface area contributed by atoms with E-state index in [9.17, 15) is 14.4 Å². The second-order valence-corrected chi connectivity index (χ2v) is 9.71. The van der Waals surface area contributed by atoms with Gasteiger partial charge in [-0.15, -0.1) is 5.06 Å². The lowest BCUT2D eigenvalue weighted by Crippen LogP contribution is -2.35. The Balaban J connectivity index is 1.18. The third kappa shape index (κ3) is 5.34. The molecule has 0 aliphatic carbocycles. The van der Waals surface area contributed by atoms with E-state index in [0.29, 0.717) is 23.1 Å². The minimum absolute atomic E-state index is 0.0531. The Morgan fingerprint density at radius 3 is 2.44 bits per heavy atom. The number of hydrogen-bond acceptors (Lipinski definition) is 7. The number of ether oxygens (including phenoxy) is 1. The maximum atomic E-state index is 12.3. The fraction of sp³-hybridized carbons (Fsp3) is 0.188. The van der Waals surface area contributed by atoms with Crippen molar-refractivity contribution >= 4 is 40.6 Å². The van der Waals surface area contributed by atoms with Crippen molar-refractivity contribution in [1.82, 2.24) is 5.06 Å². The van der Waals surface area contributed by atoms with Gasteiger partial charge in [0.2, 0.25) is 11.5 Å². The summed E-state index contributed by atoms with van der Waals surface area (Å²) in [6.07, 6.45) is 5.84. The van der Waals surface area contributed by atoms with Gasteiger partial charge in [-0.3, -0.25) is 9.59 Å². The number of fused-ring (bicyclic) bond motifs is 2. The molecule has 3 heterocycles. The molecule has 2 amide bonds. The Labute approximate surface area is 236 Å². The number of hydroxylamine groups is 2. The van der Waals surface area contributed by atoms with Crippen LogP contribution >= 0.6 is 0 Å². The van der Waals surface area contributed by atoms with Gasteiger partial charge in [0.1, 0.15) is 0 Å². The van der Waals surface area contributed by atoms with E-state index in [1.54, 1.807) is 0 Å². The minimum atomic E-state index is -0.658. The van der Waals surface area contributed by atoms with E-state index in [-0.39, 0.29) is 19.3 Å². The first-order valence-corrected chi connectivity index (χ1v) is 13.5. The van der Waals surface area contributed by atoms with E-state index in [2.05, 4.69) is 16.4 Å². The van der Waals surface area contributed by atoms with Crippen LogP contribution in [0.4, 0.5) is 5.69 Å². The second-order valence-electron chi connectivity index (χ2n) is 9.71. The van der Waals surface area contributed by atoms with Crippen molar-refractivity contribution in [2.45, 2.75) is 32.7 Å². The summed E-state index contributed by atoms with van der Waals surface area (Å²) in [6.45, 7) is 3.40. The van der Waals surface area contributed by atoms with Crippen LogP contribution in [-0.4, -0.2) is 29.4 Å². The van der Waals surface area contributed by atoms with Crippen molar-refractivity contribution in [2.75, 3.05) is 11.4 Å². The normalized spacial score (nSPS) is 15.8. The molecule has 2 aliphatic heterocycles. The average Bonchev–Trinajstić information content (AvgIpc) is 3.62. The van der Waals surface area contributed by atoms with Crippen LogP contribution in [0, 0.1) is 0 Å². The summed E-state index contributed by atoms with van der Waals surface area (Å²) in [5, 5.41) is 0.569. The Bertz CT molecular complexity index is 1690. The molecule has 0 bridgehead atoms. The lowest BCUT2D eigenvalue weighted by atomic mass is 10.1. The van der Waals surface area contributed by atoms with Crippen LogP contribution < -0.4 is 14.2 Å². The van der Waals surface area contributed by atoms with Crippen LogP contribution in [0.2, 0.25) is 0 Å². The molecule has 9 nitrogen and oxygen atoms in total. The van der Waals surface area contributed by atoms with E-state index in [1.807, 2.05) is 91.0 Å². The van der Waals surface area contributed by atoms with E-state index in [1.165, 1.54) is 0 Å². The van der Waals surface area contributed by atoms with Gasteiger partial charge < -0.3 is 18.9 Å². The number of allylic oxidation sites excluding steroid dienone is 2. The van der Waals surface area contributed by atoms with Crippen molar-refractivity contribution in [3.63, 3.8) is 0 Å². The maximum Gasteiger partial charge on any atom is 0.374 e. The zero-order valence-corrected chi connectivity index (χ0v) is 22.5. The second kappa shape index (κ2) is 11.1. The number of hydrogen-bond donors (Lipinski definition) is 0. The van der Waals surface area contributed by atoms with E-state index in [4.69, 9.17) is 14.0 Å². The molecule has 9 heteroatoms. The van der Waals surface area contributed by atoms with Crippen LogP contribution in [0.5, 0.6) is 5.75 Å². The van der Waals surface area contributed by atoms with Gasteiger partial charge in [-0.05, 0) is 42.8 Å². The highest BCUT2D eigenvalue weighted by Crippen LogP contribution is 2.38. The van der Waals surface area contributed by atoms with Crippen molar-refractivity contribution in [3.8, 4) is 5.75 Å². The number of imide groups is 1. The molecule has 41 heavy (non-hydrogen) atoms. The molecule has 3 aromatic carbocycles. The van der Waals surface area contributed by atoms with Crippen LogP contribution in [0.25, 0.3) is 17.2 Å². The predicted octanol–water partition coefficient (Wildman–Crippen LogP) is 4.69. The lowest BCUT2D eigenvalue weighted by Gasteiger charge is -2.14. The smallest absolute Gasteiger partial charge is 0.374 e. The third-order valence-corrected chi connectivity index (χ3v) is 6.98. The van der Waals surface area contributed by atoms with E-state index < -0.39 is 17.8 Å². The first-order chi connectivity index (χ1) is 20.0. The third-order valence-electron chi connectivity index (χ3n) is 6.98. The topological polar surface area (TPSA) is 93.2 Å². The Morgan fingerprint density at radius 1 is 0.951 bits per heavy atom. The molecular weight excluding hydrogens is 522 g/mol. The van der Waals surface area contributed by atoms with Gasteiger partial charge >= 0.3 is 11.9 Å². The summed E-state index contributed by atoms with van der Waals surface area (Å²) >= 11 is 0. The van der Waals surface area contributed by atoms with Crippen molar-refractivity contribution in [3.05, 3.63) is 108 Å². The number of anilines is 1. The molecule has 4 aromatic rings. The maximum absolute atomic E-state index is 12.3. The summed E-state index contributed by atoms with van der Waals surface area (Å²) in [5.74, 6) is 0.617. The standard InChI is InChI=1S/C32H28N3O6/c1-2-33-24-8-3-5-10-26(24)39-30(33)12-7-13-31-34(25-9-4-6-11-27(25)40-31)21-23-16-14-22(15-17-23)20-32(38)41-35-28(36)18-19-29(35)37/h3-17H,2,18-21H2,1H3/q+1. The van der Waals surface area contributed by atoms with Gasteiger partial charge in [-0.1, -0.05) is 48.5 Å². The number of para-hydroxylation sites is 4. The summed E-state index contributed by atoms with van der Waals surface area (Å²) < 4.78 is 14.3. The number of oxazole rings is 1. The number of aromatic nitrogens is 1. The predicted molar refractivity (Wildman–Crippen MR) is 150 cm³/mol. The first kappa shape index (κ1) is 26.1. The molecule has 1 saturated heterocycles. The summed E-state index contributed by atoms with van der Waals surface area (Å²) in [5.41, 5.74) is 4.48. The molecule has 6 rings (SSSR count). The van der Waals surface area contributed by atoms with E-state index in [0.717, 1.165) is 40.5 Å². The van der Waals surface area contributed by atoms with Gasteiger partial charge in [0.05, 0.1) is 18.2 Å². The molecule has 2 aliphatic rings. The van der Waals surface area contributed by atoms with Crippen LogP contribution in [-0.2, 0) is 32.2 Å². The molecule has 1 fully saturated rings. The Hall–Kier alpha value is -5.18. The highest BCUT2D eigenvalue weighted by Gasteiger charge is 2.33. The van der Waals surface area contributed by atoms with Gasteiger partial charge in [-0.2, -0.15) is 4.57 Å². The molecule has 0 radical (unpaired) electrons. The quantitative estimate of drug-likeness (QED) is 0.232.